The molecule has 242 valence electrons. The van der Waals surface area contributed by atoms with Gasteiger partial charge in [0.25, 0.3) is 0 Å². The summed E-state index contributed by atoms with van der Waals surface area (Å²) in [5.41, 5.74) is 15.8. The van der Waals surface area contributed by atoms with Gasteiger partial charge >= 0.3 is 0 Å². The van der Waals surface area contributed by atoms with Gasteiger partial charge < -0.3 is 4.57 Å². The molecule has 0 aliphatic rings. The number of para-hydroxylation sites is 2. The first-order valence-corrected chi connectivity index (χ1v) is 17.2. The largest absolute Gasteiger partial charge is 0.309 e. The summed E-state index contributed by atoms with van der Waals surface area (Å²) >= 11 is 0. The lowest BCUT2D eigenvalue weighted by atomic mass is 9.82. The number of rotatable bonds is 3. The van der Waals surface area contributed by atoms with Crippen LogP contribution in [0.15, 0.2) is 133 Å². The van der Waals surface area contributed by atoms with Crippen LogP contribution in [0.3, 0.4) is 0 Å². The quantitative estimate of drug-likeness (QED) is 0.184. The summed E-state index contributed by atoms with van der Waals surface area (Å²) in [7, 11) is 0. The van der Waals surface area contributed by atoms with Crippen LogP contribution in [-0.2, 0) is 10.8 Å². The summed E-state index contributed by atoms with van der Waals surface area (Å²) in [5.74, 6) is 0. The van der Waals surface area contributed by atoms with Crippen LogP contribution in [0.5, 0.6) is 0 Å². The first kappa shape index (κ1) is 33.0. The SMILES string of the molecule is Cc1cc(-c2cc(-n3c4ccccc4c4ccccc43)cc(C(C)(C)C)c2)cc(C(C)(C)C)c1.Cc1ccccc1-c1ccccc1C. The number of nitrogens with zero attached hydrogens (tertiary/aromatic N) is 1. The summed E-state index contributed by atoms with van der Waals surface area (Å²) in [6.45, 7) is 20.3. The van der Waals surface area contributed by atoms with Gasteiger partial charge in [-0.05, 0) is 100 Å². The Balaban J connectivity index is 0.000000239. The molecule has 48 heavy (non-hydrogen) atoms. The minimum Gasteiger partial charge on any atom is -0.309 e. The van der Waals surface area contributed by atoms with Crippen molar-refractivity contribution in [3.8, 4) is 27.9 Å². The molecule has 7 rings (SSSR count). The lowest BCUT2D eigenvalue weighted by molar-refractivity contribution is 0.589. The number of aryl methyl sites for hydroxylation is 3. The smallest absolute Gasteiger partial charge is 0.0541 e. The van der Waals surface area contributed by atoms with Crippen LogP contribution in [-0.4, -0.2) is 4.57 Å². The van der Waals surface area contributed by atoms with Crippen molar-refractivity contribution in [1.82, 2.24) is 4.57 Å². The van der Waals surface area contributed by atoms with Gasteiger partial charge in [-0.1, -0.05) is 156 Å². The van der Waals surface area contributed by atoms with Crippen molar-refractivity contribution < 1.29 is 0 Å². The summed E-state index contributed by atoms with van der Waals surface area (Å²) in [4.78, 5) is 0. The summed E-state index contributed by atoms with van der Waals surface area (Å²) < 4.78 is 2.43. The molecule has 0 saturated carbocycles. The maximum Gasteiger partial charge on any atom is 0.0541 e. The Kier molecular flexibility index (Phi) is 8.92. The van der Waals surface area contributed by atoms with Crippen molar-refractivity contribution >= 4 is 21.8 Å². The molecule has 0 aliphatic carbocycles. The molecule has 0 aliphatic heterocycles. The van der Waals surface area contributed by atoms with E-state index in [4.69, 9.17) is 0 Å². The minimum absolute atomic E-state index is 0.0419. The molecule has 0 bridgehead atoms. The van der Waals surface area contributed by atoms with Crippen LogP contribution in [0, 0.1) is 20.8 Å². The Morgan fingerprint density at radius 3 is 1.31 bits per heavy atom. The van der Waals surface area contributed by atoms with Gasteiger partial charge in [-0.3, -0.25) is 0 Å². The normalized spacial score (nSPS) is 11.9. The third-order valence-electron chi connectivity index (χ3n) is 9.48. The molecule has 0 N–H and O–H groups in total. The highest BCUT2D eigenvalue weighted by Gasteiger charge is 2.20. The molecule has 0 amide bonds. The van der Waals surface area contributed by atoms with E-state index < -0.39 is 0 Å². The van der Waals surface area contributed by atoms with Crippen LogP contribution in [0.2, 0.25) is 0 Å². The van der Waals surface area contributed by atoms with Gasteiger partial charge in [0.2, 0.25) is 0 Å². The highest BCUT2D eigenvalue weighted by molar-refractivity contribution is 6.09. The van der Waals surface area contributed by atoms with E-state index >= 15 is 0 Å². The second-order valence-electron chi connectivity index (χ2n) is 15.4. The lowest BCUT2D eigenvalue weighted by Gasteiger charge is -2.24. The molecule has 0 unspecified atom stereocenters. The Morgan fingerprint density at radius 2 is 0.833 bits per heavy atom. The van der Waals surface area contributed by atoms with Gasteiger partial charge in [0.1, 0.15) is 0 Å². The minimum atomic E-state index is 0.0419. The van der Waals surface area contributed by atoms with Crippen molar-refractivity contribution in [2.45, 2.75) is 73.1 Å². The fourth-order valence-electron chi connectivity index (χ4n) is 6.67. The number of hydrogen-bond acceptors (Lipinski definition) is 0. The second-order valence-corrected chi connectivity index (χ2v) is 15.4. The van der Waals surface area contributed by atoms with Gasteiger partial charge in [-0.25, -0.2) is 0 Å². The summed E-state index contributed by atoms with van der Waals surface area (Å²) in [5, 5.41) is 2.60. The molecular weight excluding hydrogens is 579 g/mol. The van der Waals surface area contributed by atoms with Crippen LogP contribution in [0.4, 0.5) is 0 Å². The van der Waals surface area contributed by atoms with Gasteiger partial charge in [0, 0.05) is 16.5 Å². The molecule has 0 saturated heterocycles. The van der Waals surface area contributed by atoms with Crippen LogP contribution in [0.25, 0.3) is 49.7 Å². The number of fused-ring (bicyclic) bond motifs is 3. The Hall–Kier alpha value is -4.88. The Morgan fingerprint density at radius 1 is 0.417 bits per heavy atom. The molecule has 0 radical (unpaired) electrons. The average molecular weight is 628 g/mol. The molecule has 0 spiro atoms. The third kappa shape index (κ3) is 6.74. The topological polar surface area (TPSA) is 4.93 Å². The zero-order valence-corrected chi connectivity index (χ0v) is 30.1. The predicted octanol–water partition coefficient (Wildman–Crippen LogP) is 13.3. The fraction of sp³-hybridized carbons (Fsp3) is 0.234. The van der Waals surface area contributed by atoms with E-state index in [-0.39, 0.29) is 10.8 Å². The fourth-order valence-corrected chi connectivity index (χ4v) is 6.67. The molecule has 7 aromatic rings. The van der Waals surface area contributed by atoms with E-state index in [1.165, 1.54) is 77.6 Å². The molecule has 1 nitrogen and oxygen atoms in total. The predicted molar refractivity (Wildman–Crippen MR) is 210 cm³/mol. The van der Waals surface area contributed by atoms with Crippen LogP contribution in [0.1, 0.15) is 69.4 Å². The Bertz CT molecular complexity index is 2130. The van der Waals surface area contributed by atoms with Gasteiger partial charge in [0.05, 0.1) is 11.0 Å². The molecular formula is C47H49N. The molecule has 0 fully saturated rings. The first-order valence-electron chi connectivity index (χ1n) is 17.2. The van der Waals surface area contributed by atoms with Crippen molar-refractivity contribution in [3.05, 3.63) is 161 Å². The van der Waals surface area contributed by atoms with Crippen LogP contribution >= 0.6 is 0 Å². The zero-order valence-electron chi connectivity index (χ0n) is 30.1. The first-order chi connectivity index (χ1) is 22.8. The van der Waals surface area contributed by atoms with Crippen LogP contribution < -0.4 is 0 Å². The van der Waals surface area contributed by atoms with Gasteiger partial charge in [-0.2, -0.15) is 0 Å². The van der Waals surface area contributed by atoms with Gasteiger partial charge in [-0.15, -0.1) is 0 Å². The standard InChI is InChI=1S/C33H35N.C14H14/c1-22-16-23(18-25(17-22)32(2,3)4)24-19-26(33(5,6)7)21-27(20-24)34-30-14-10-8-12-28(30)29-13-9-11-15-31(29)34;1-11-7-3-5-9-13(11)14-10-6-4-8-12(14)2/h8-21H,1-7H3;3-10H,1-2H3. The van der Waals surface area contributed by atoms with Crippen molar-refractivity contribution in [2.24, 2.45) is 0 Å². The van der Waals surface area contributed by atoms with Crippen molar-refractivity contribution in [2.75, 3.05) is 0 Å². The van der Waals surface area contributed by atoms with Gasteiger partial charge in [0.15, 0.2) is 0 Å². The lowest BCUT2D eigenvalue weighted by Crippen LogP contribution is -2.13. The molecule has 6 aromatic carbocycles. The van der Waals surface area contributed by atoms with Crippen molar-refractivity contribution in [3.63, 3.8) is 0 Å². The zero-order chi connectivity index (χ0) is 34.2. The number of hydrogen-bond donors (Lipinski definition) is 0. The highest BCUT2D eigenvalue weighted by atomic mass is 15.0. The maximum atomic E-state index is 2.43. The Labute approximate surface area is 287 Å². The number of benzene rings is 6. The maximum absolute atomic E-state index is 2.43. The summed E-state index contributed by atoms with van der Waals surface area (Å²) in [6.07, 6.45) is 0. The van der Waals surface area contributed by atoms with E-state index in [1.807, 2.05) is 0 Å². The van der Waals surface area contributed by atoms with E-state index in [1.54, 1.807) is 0 Å². The van der Waals surface area contributed by atoms with E-state index in [0.29, 0.717) is 0 Å². The monoisotopic (exact) mass is 627 g/mol. The van der Waals surface area contributed by atoms with E-state index in [0.717, 1.165) is 0 Å². The number of aromatic nitrogens is 1. The molecule has 1 aromatic heterocycles. The average Bonchev–Trinajstić information content (AvgIpc) is 3.39. The van der Waals surface area contributed by atoms with Crippen molar-refractivity contribution in [1.29, 1.82) is 0 Å². The molecule has 1 heteroatoms. The molecule has 1 heterocycles. The van der Waals surface area contributed by atoms with E-state index in [2.05, 4.69) is 200 Å². The third-order valence-corrected chi connectivity index (χ3v) is 9.48. The second kappa shape index (κ2) is 13.0. The summed E-state index contributed by atoms with van der Waals surface area (Å²) in [6, 6.07) is 48.7. The van der Waals surface area contributed by atoms with E-state index in [9.17, 15) is 0 Å². The highest BCUT2D eigenvalue weighted by Crippen LogP contribution is 2.37. The molecule has 0 atom stereocenters.